The number of piperidine rings is 1. The largest absolute Gasteiger partial charge is 0.334 e. The topological polar surface area (TPSA) is 93.8 Å². The van der Waals surface area contributed by atoms with Crippen molar-refractivity contribution in [1.82, 2.24) is 34.0 Å². The summed E-state index contributed by atoms with van der Waals surface area (Å²) in [6.45, 7) is 2.70. The lowest BCUT2D eigenvalue weighted by molar-refractivity contribution is 0.219. The van der Waals surface area contributed by atoms with Crippen LogP contribution in [-0.2, 0) is 20.0 Å². The van der Waals surface area contributed by atoms with Crippen LogP contribution in [0.15, 0.2) is 59.1 Å². The number of nitrogens with zero attached hydrogens (tertiary/aromatic N) is 7. The van der Waals surface area contributed by atoms with Crippen LogP contribution in [0.3, 0.4) is 0 Å². The number of hydrogen-bond acceptors (Lipinski definition) is 8. The van der Waals surface area contributed by atoms with E-state index in [9.17, 15) is 4.79 Å². The maximum atomic E-state index is 14.1. The molecule has 0 radical (unpaired) electrons. The molecule has 4 aromatic heterocycles. The molecule has 0 amide bonds. The molecule has 5 aromatic rings. The zero-order valence-electron chi connectivity index (χ0n) is 24.9. The summed E-state index contributed by atoms with van der Waals surface area (Å²) < 4.78 is 3.70. The summed E-state index contributed by atoms with van der Waals surface area (Å²) in [6, 6.07) is 10.5. The third kappa shape index (κ3) is 5.99. The van der Waals surface area contributed by atoms with Crippen molar-refractivity contribution < 1.29 is 0 Å². The quantitative estimate of drug-likeness (QED) is 0.236. The van der Waals surface area contributed by atoms with Crippen molar-refractivity contribution in [2.75, 3.05) is 25.5 Å². The summed E-state index contributed by atoms with van der Waals surface area (Å²) in [6.07, 6.45) is 14.1. The Morgan fingerprint density at radius 3 is 2.53 bits per heavy atom. The molecule has 0 spiro atoms. The van der Waals surface area contributed by atoms with E-state index in [0.29, 0.717) is 35.4 Å². The number of imidazole rings is 1. The third-order valence-electron chi connectivity index (χ3n) is 9.09. The molecule has 0 unspecified atom stereocenters. The number of aryl methyl sites for hydroxylation is 1. The second-order valence-electron chi connectivity index (χ2n) is 12.2. The molecule has 1 aliphatic heterocycles. The first-order chi connectivity index (χ1) is 21.0. The average Bonchev–Trinajstić information content (AvgIpc) is 3.80. The van der Waals surface area contributed by atoms with Gasteiger partial charge in [0.1, 0.15) is 16.5 Å². The molecule has 1 saturated carbocycles. The number of hydrogen-bond donors (Lipinski definition) is 1. The van der Waals surface area contributed by atoms with Crippen LogP contribution in [0, 0.1) is 5.92 Å². The van der Waals surface area contributed by atoms with Crippen LogP contribution >= 0.6 is 11.3 Å². The lowest BCUT2D eigenvalue weighted by atomic mass is 9.90. The van der Waals surface area contributed by atoms with E-state index in [1.165, 1.54) is 55.7 Å². The Hall–Kier alpha value is -3.89. The number of anilines is 2. The van der Waals surface area contributed by atoms with Crippen molar-refractivity contribution in [2.45, 2.75) is 57.4 Å². The van der Waals surface area contributed by atoms with E-state index >= 15 is 0 Å². The van der Waals surface area contributed by atoms with Gasteiger partial charge in [-0.15, -0.1) is 11.3 Å². The third-order valence-corrected chi connectivity index (χ3v) is 9.85. The highest BCUT2D eigenvalue weighted by atomic mass is 32.1. The highest BCUT2D eigenvalue weighted by Gasteiger charge is 2.23. The van der Waals surface area contributed by atoms with Crippen LogP contribution in [0.2, 0.25) is 0 Å². The van der Waals surface area contributed by atoms with E-state index in [-0.39, 0.29) is 5.56 Å². The Labute approximate surface area is 255 Å². The van der Waals surface area contributed by atoms with Gasteiger partial charge in [0.15, 0.2) is 0 Å². The molecule has 1 aromatic carbocycles. The summed E-state index contributed by atoms with van der Waals surface area (Å²) in [5, 5.41) is 6.92. The first kappa shape index (κ1) is 27.9. The van der Waals surface area contributed by atoms with Gasteiger partial charge in [0, 0.05) is 48.0 Å². The SMILES string of the molecule is CN1CCC(Cc2ccc(Nc3ncc4cc(-c5nc(C6CCCC6)cn5C)c(=O)n(Cc5nccs5)c4n3)cc2)CC1. The first-order valence-electron chi connectivity index (χ1n) is 15.4. The maximum Gasteiger partial charge on any atom is 0.263 e. The fourth-order valence-corrected chi connectivity index (χ4v) is 7.21. The van der Waals surface area contributed by atoms with Crippen LogP contribution in [-0.4, -0.2) is 54.1 Å². The van der Waals surface area contributed by atoms with Gasteiger partial charge in [0.2, 0.25) is 5.95 Å². The maximum absolute atomic E-state index is 14.1. The number of aromatic nitrogens is 6. The molecule has 7 rings (SSSR count). The van der Waals surface area contributed by atoms with Crippen molar-refractivity contribution in [1.29, 1.82) is 0 Å². The van der Waals surface area contributed by atoms with Crippen molar-refractivity contribution in [3.63, 3.8) is 0 Å². The van der Waals surface area contributed by atoms with Gasteiger partial charge in [-0.05, 0) is 81.9 Å². The fourth-order valence-electron chi connectivity index (χ4n) is 6.60. The van der Waals surface area contributed by atoms with Gasteiger partial charge >= 0.3 is 0 Å². The molecule has 0 bridgehead atoms. The second kappa shape index (κ2) is 12.0. The number of nitrogens with one attached hydrogen (secondary N) is 1. The molecular weight excluding hydrogens is 556 g/mol. The fraction of sp³-hybridized carbons (Fsp3) is 0.424. The summed E-state index contributed by atoms with van der Waals surface area (Å²) in [7, 11) is 4.17. The van der Waals surface area contributed by atoms with E-state index in [2.05, 4.69) is 57.7 Å². The smallest absolute Gasteiger partial charge is 0.263 e. The zero-order chi connectivity index (χ0) is 29.3. The summed E-state index contributed by atoms with van der Waals surface area (Å²) in [4.78, 5) is 35.4. The highest BCUT2D eigenvalue weighted by Crippen LogP contribution is 2.34. The monoisotopic (exact) mass is 594 g/mol. The summed E-state index contributed by atoms with van der Waals surface area (Å²) in [5.41, 5.74) is 4.36. The van der Waals surface area contributed by atoms with Gasteiger partial charge in [0.05, 0.1) is 17.8 Å². The second-order valence-corrected chi connectivity index (χ2v) is 13.2. The number of thiazole rings is 1. The van der Waals surface area contributed by atoms with Crippen LogP contribution in [0.5, 0.6) is 0 Å². The number of benzene rings is 1. The Morgan fingerprint density at radius 2 is 1.79 bits per heavy atom. The lowest BCUT2D eigenvalue weighted by Gasteiger charge is -2.28. The predicted octanol–water partition coefficient (Wildman–Crippen LogP) is 5.98. The van der Waals surface area contributed by atoms with Crippen molar-refractivity contribution >= 4 is 34.0 Å². The number of likely N-dealkylation sites (tertiary alicyclic amines) is 1. The molecule has 43 heavy (non-hydrogen) atoms. The Balaban J connectivity index is 1.19. The minimum atomic E-state index is -0.128. The van der Waals surface area contributed by atoms with E-state index in [1.54, 1.807) is 17.0 Å². The minimum absolute atomic E-state index is 0.128. The average molecular weight is 595 g/mol. The van der Waals surface area contributed by atoms with Crippen LogP contribution in [0.25, 0.3) is 22.4 Å². The molecule has 1 aliphatic carbocycles. The summed E-state index contributed by atoms with van der Waals surface area (Å²) in [5.74, 6) is 2.36. The van der Waals surface area contributed by atoms with E-state index in [4.69, 9.17) is 9.97 Å². The van der Waals surface area contributed by atoms with Crippen molar-refractivity contribution in [2.24, 2.45) is 13.0 Å². The van der Waals surface area contributed by atoms with Gasteiger partial charge in [0.25, 0.3) is 5.56 Å². The molecule has 0 atom stereocenters. The number of rotatable bonds is 8. The van der Waals surface area contributed by atoms with Crippen molar-refractivity contribution in [3.8, 4) is 11.4 Å². The lowest BCUT2D eigenvalue weighted by Crippen LogP contribution is -2.30. The Kier molecular flexibility index (Phi) is 7.80. The standard InChI is InChI=1S/C33H38N8OS/c1-39-14-11-23(12-15-39)17-22-7-9-26(10-8-22)36-33-35-19-25-18-27(31-37-28(20-40(31)2)24-5-3-4-6-24)32(42)41(30(25)38-33)21-29-34-13-16-43-29/h7-10,13,16,18-20,23-24H,3-6,11-12,14-15,17,21H2,1-2H3,(H,35,36,38). The van der Waals surface area contributed by atoms with Gasteiger partial charge in [-0.25, -0.2) is 15.0 Å². The highest BCUT2D eigenvalue weighted by molar-refractivity contribution is 7.09. The molecule has 9 nitrogen and oxygen atoms in total. The predicted molar refractivity (Wildman–Crippen MR) is 172 cm³/mol. The van der Waals surface area contributed by atoms with Crippen LogP contribution in [0.4, 0.5) is 11.6 Å². The van der Waals surface area contributed by atoms with Gasteiger partial charge in [-0.2, -0.15) is 4.98 Å². The van der Waals surface area contributed by atoms with Gasteiger partial charge in [-0.1, -0.05) is 25.0 Å². The van der Waals surface area contributed by atoms with Crippen LogP contribution < -0.4 is 10.9 Å². The van der Waals surface area contributed by atoms with Crippen molar-refractivity contribution in [3.05, 3.63) is 80.9 Å². The Bertz CT molecular complexity index is 1760. The molecule has 5 heterocycles. The zero-order valence-corrected chi connectivity index (χ0v) is 25.7. The molecule has 1 N–H and O–H groups in total. The van der Waals surface area contributed by atoms with E-state index in [0.717, 1.165) is 47.0 Å². The molecule has 1 saturated heterocycles. The molecule has 222 valence electrons. The minimum Gasteiger partial charge on any atom is -0.334 e. The normalized spacial score (nSPS) is 16.8. The van der Waals surface area contributed by atoms with Gasteiger partial charge in [-0.3, -0.25) is 9.36 Å². The van der Waals surface area contributed by atoms with Crippen LogP contribution in [0.1, 0.15) is 60.7 Å². The summed E-state index contributed by atoms with van der Waals surface area (Å²) >= 11 is 1.53. The van der Waals surface area contributed by atoms with Gasteiger partial charge < -0.3 is 14.8 Å². The molecule has 2 fully saturated rings. The molecule has 2 aliphatic rings. The molecular formula is C33H38N8OS. The number of pyridine rings is 1. The first-order valence-corrected chi connectivity index (χ1v) is 16.3. The number of fused-ring (bicyclic) bond motifs is 1. The Morgan fingerprint density at radius 1 is 1.00 bits per heavy atom. The van der Waals surface area contributed by atoms with E-state index in [1.807, 2.05) is 23.1 Å². The molecule has 10 heteroatoms. The van der Waals surface area contributed by atoms with E-state index < -0.39 is 0 Å².